The predicted molar refractivity (Wildman–Crippen MR) is 69.5 cm³/mol. The van der Waals surface area contributed by atoms with Crippen molar-refractivity contribution in [1.82, 2.24) is 0 Å². The molecule has 0 rings (SSSR count). The summed E-state index contributed by atoms with van der Waals surface area (Å²) in [6.07, 6.45) is -2.82. The van der Waals surface area contributed by atoms with Crippen LogP contribution in [0.15, 0.2) is 0 Å². The summed E-state index contributed by atoms with van der Waals surface area (Å²) in [5.74, 6) is -8.20. The van der Waals surface area contributed by atoms with Crippen LogP contribution >= 0.6 is 0 Å². The number of rotatable bonds is 9. The number of carboxylic acids is 6. The van der Waals surface area contributed by atoms with Crippen molar-refractivity contribution < 1.29 is 78.0 Å². The Morgan fingerprint density at radius 2 is 0.519 bits per heavy atom. The summed E-state index contributed by atoms with van der Waals surface area (Å²) in [7, 11) is 0. The molecule has 0 bridgehead atoms. The van der Waals surface area contributed by atoms with Crippen molar-refractivity contribution in [2.45, 2.75) is 49.2 Å². The zero-order valence-corrected chi connectivity index (χ0v) is 16.6. The summed E-state index contributed by atoms with van der Waals surface area (Å²) >= 11 is 0.470. The molecule has 0 saturated carbocycles. The fourth-order valence-electron chi connectivity index (χ4n) is 0.612. The maximum atomic E-state index is 9.50. The van der Waals surface area contributed by atoms with Gasteiger partial charge in [-0.15, -0.1) is 0 Å². The Balaban J connectivity index is -0.000000137. The first-order valence-electron chi connectivity index (χ1n) is 6.89. The first-order chi connectivity index (χ1) is 12.3. The van der Waals surface area contributed by atoms with Crippen LogP contribution in [0.25, 0.3) is 0 Å². The van der Waals surface area contributed by atoms with Crippen LogP contribution in [0.3, 0.4) is 0 Å². The van der Waals surface area contributed by atoms with Gasteiger partial charge in [-0.3, -0.25) is 0 Å². The molecule has 0 aliphatic heterocycles. The van der Waals surface area contributed by atoms with Gasteiger partial charge >= 0.3 is 29.2 Å². The minimum absolute atomic E-state index is 0.470. The van der Waals surface area contributed by atoms with Gasteiger partial charge in [0.25, 0.3) is 0 Å². The summed E-state index contributed by atoms with van der Waals surface area (Å²) in [6, 6.07) is 0. The molecule has 27 heavy (non-hydrogen) atoms. The Morgan fingerprint density at radius 3 is 0.556 bits per heavy atom. The average molecular weight is 474 g/mol. The Hall–Kier alpha value is -2.49. The van der Waals surface area contributed by atoms with Crippen LogP contribution in [0.2, 0.25) is 10.6 Å². The molecule has 0 radical (unpaired) electrons. The molecule has 0 saturated heterocycles. The second-order valence-electron chi connectivity index (χ2n) is 4.14. The van der Waals surface area contributed by atoms with Crippen LogP contribution in [0.1, 0.15) is 38.5 Å². The van der Waals surface area contributed by atoms with E-state index in [1.54, 1.807) is 0 Å². The fourth-order valence-corrected chi connectivity index (χ4v) is 0.612. The normalized spacial score (nSPS) is 8.37. The first-order valence-corrected chi connectivity index (χ1v) is 10.9. The molecule has 0 aliphatic rings. The average Bonchev–Trinajstić information content (AvgIpc) is 2.51. The van der Waals surface area contributed by atoms with Crippen molar-refractivity contribution in [3.8, 4) is 0 Å². The molecule has 0 amide bonds. The zero-order chi connectivity index (χ0) is 22.4. The van der Waals surface area contributed by atoms with Gasteiger partial charge in [0.2, 0.25) is 0 Å². The van der Waals surface area contributed by atoms with Crippen molar-refractivity contribution in [3.63, 3.8) is 0 Å². The van der Waals surface area contributed by atoms with Crippen molar-refractivity contribution in [2.24, 2.45) is 0 Å². The van der Waals surface area contributed by atoms with E-state index in [4.69, 9.17) is 0 Å². The van der Waals surface area contributed by atoms with Crippen molar-refractivity contribution in [1.29, 1.82) is 0 Å². The molecule has 12 nitrogen and oxygen atoms in total. The number of carboxylic acid groups (broad SMARTS) is 6. The standard InChI is InChI=1S/3C4H6O4.2CH3.Mo/c3*5-3(6)1-2-4(7)8;;;/h3*1-2H2,(H,5,6)(H,7,8);2*1H3;/q;;;;;+6/p-6. The van der Waals surface area contributed by atoms with Gasteiger partial charge in [-0.1, -0.05) is 0 Å². The van der Waals surface area contributed by atoms with E-state index in [0.717, 1.165) is 0 Å². The third kappa shape index (κ3) is 69.5. The SMILES string of the molecule is O=C([O-])CCC(=O)[O-].O=C([O-])CCC(=O)[O-].O=C([O-])CCC(=O)[O-].[CH3][Mo+6][CH3]. The van der Waals surface area contributed by atoms with Crippen LogP contribution in [-0.4, -0.2) is 35.8 Å². The summed E-state index contributed by atoms with van der Waals surface area (Å²) in [4.78, 5) is 57.0. The van der Waals surface area contributed by atoms with Crippen LogP contribution in [-0.2, 0) is 47.3 Å². The van der Waals surface area contributed by atoms with Gasteiger partial charge < -0.3 is 59.4 Å². The van der Waals surface area contributed by atoms with E-state index in [9.17, 15) is 59.4 Å². The Kier molecular flexibility index (Phi) is 28.0. The topological polar surface area (TPSA) is 241 Å². The zero-order valence-electron chi connectivity index (χ0n) is 14.5. The number of hydrogen-bond donors (Lipinski definition) is 0. The van der Waals surface area contributed by atoms with Gasteiger partial charge in [-0.05, 0) is 38.5 Å². The first kappa shape index (κ1) is 32.2. The molecule has 0 heterocycles. The van der Waals surface area contributed by atoms with Gasteiger partial charge in [0.15, 0.2) is 0 Å². The molecule has 0 spiro atoms. The van der Waals surface area contributed by atoms with Crippen LogP contribution in [0.4, 0.5) is 0 Å². The molecule has 0 aromatic rings. The molecule has 0 aromatic carbocycles. The van der Waals surface area contributed by atoms with Crippen LogP contribution < -0.4 is 30.6 Å². The van der Waals surface area contributed by atoms with E-state index in [1.807, 2.05) is 0 Å². The number of carbonyl (C=O) groups is 6. The maximum absolute atomic E-state index is 9.50. The van der Waals surface area contributed by atoms with Crippen molar-refractivity contribution in [2.75, 3.05) is 0 Å². The summed E-state index contributed by atoms with van der Waals surface area (Å²) in [5, 5.41) is 61.5. The van der Waals surface area contributed by atoms with E-state index in [1.165, 1.54) is 0 Å². The second kappa shape index (κ2) is 23.5. The molecule has 152 valence electrons. The Bertz CT molecular complexity index is 366. The summed E-state index contributed by atoms with van der Waals surface area (Å²) in [5.41, 5.74) is 0. The van der Waals surface area contributed by atoms with Crippen molar-refractivity contribution >= 4 is 35.8 Å². The van der Waals surface area contributed by atoms with E-state index in [-0.39, 0.29) is 0 Å². The Morgan fingerprint density at radius 1 is 0.444 bits per heavy atom. The van der Waals surface area contributed by atoms with E-state index < -0.39 is 74.3 Å². The molecular formula is C14H18MoO12. The molecule has 0 aromatic heterocycles. The molecule has 0 fully saturated rings. The monoisotopic (exact) mass is 476 g/mol. The third-order valence-corrected chi connectivity index (χ3v) is 1.60. The number of aliphatic carboxylic acids is 6. The quantitative estimate of drug-likeness (QED) is 0.283. The van der Waals surface area contributed by atoms with Crippen LogP contribution in [0, 0.1) is 0 Å². The Labute approximate surface area is 163 Å². The molecule has 0 aliphatic carbocycles. The van der Waals surface area contributed by atoms with Gasteiger partial charge in [-0.2, -0.15) is 0 Å². The summed E-state index contributed by atoms with van der Waals surface area (Å²) < 4.78 is 0. The number of carbonyl (C=O) groups excluding carboxylic acids is 6. The van der Waals surface area contributed by atoms with Gasteiger partial charge in [0, 0.05) is 35.8 Å². The molecule has 0 unspecified atom stereocenters. The van der Waals surface area contributed by atoms with Crippen molar-refractivity contribution in [3.05, 3.63) is 0 Å². The molecular weight excluding hydrogens is 456 g/mol. The predicted octanol–water partition coefficient (Wildman–Crippen LogP) is -7.04. The van der Waals surface area contributed by atoms with Crippen LogP contribution in [0.5, 0.6) is 0 Å². The molecule has 0 atom stereocenters. The third-order valence-electron chi connectivity index (χ3n) is 1.60. The van der Waals surface area contributed by atoms with Gasteiger partial charge in [0.05, 0.1) is 0 Å². The molecule has 0 N–H and O–H groups in total. The van der Waals surface area contributed by atoms with E-state index in [0.29, 0.717) is 18.6 Å². The van der Waals surface area contributed by atoms with Gasteiger partial charge in [-0.25, -0.2) is 0 Å². The summed E-state index contributed by atoms with van der Waals surface area (Å²) in [6.45, 7) is 0. The minimum atomic E-state index is -1.37. The fraction of sp³-hybridized carbons (Fsp3) is 0.571. The number of hydrogen-bond acceptors (Lipinski definition) is 12. The molecule has 13 heteroatoms. The van der Waals surface area contributed by atoms with E-state index >= 15 is 0 Å². The second-order valence-corrected chi connectivity index (χ2v) is 6.15. The van der Waals surface area contributed by atoms with Gasteiger partial charge in [0.1, 0.15) is 0 Å². The van der Waals surface area contributed by atoms with E-state index in [2.05, 4.69) is 10.6 Å².